The van der Waals surface area contributed by atoms with E-state index in [1.54, 1.807) is 25.6 Å². The lowest BCUT2D eigenvalue weighted by Gasteiger charge is -2.13. The molecule has 0 aliphatic carbocycles. The zero-order valence-electron chi connectivity index (χ0n) is 25.9. The van der Waals surface area contributed by atoms with Gasteiger partial charge in [0.15, 0.2) is 18.2 Å². The lowest BCUT2D eigenvalue weighted by atomic mass is 9.93. The monoisotopic (exact) mass is 626 g/mol. The summed E-state index contributed by atoms with van der Waals surface area (Å²) in [5.41, 5.74) is 9.49. The number of rotatable bonds is 12. The van der Waals surface area contributed by atoms with Crippen LogP contribution in [0.15, 0.2) is 126 Å². The second kappa shape index (κ2) is 14.7. The first-order valence-electron chi connectivity index (χ1n) is 14.9. The molecule has 230 valence electrons. The molecular weight excluding hydrogens is 593 g/mol. The van der Waals surface area contributed by atoms with E-state index in [1.165, 1.54) is 0 Å². The number of hydrogen-bond acceptors (Lipinski definition) is 5. The molecule has 0 saturated heterocycles. The molecule has 0 spiro atoms. The Morgan fingerprint density at radius 2 is 1.17 bits per heavy atom. The van der Waals surface area contributed by atoms with E-state index in [0.717, 1.165) is 49.4 Å². The van der Waals surface area contributed by atoms with Gasteiger partial charge >= 0.3 is 5.97 Å². The summed E-state index contributed by atoms with van der Waals surface area (Å²) in [6, 6.07) is 37.8. The summed E-state index contributed by atoms with van der Waals surface area (Å²) in [7, 11) is 0. The summed E-state index contributed by atoms with van der Waals surface area (Å²) in [6.45, 7) is 4.68. The van der Waals surface area contributed by atoms with Crippen LogP contribution in [0.25, 0.3) is 27.8 Å². The van der Waals surface area contributed by atoms with Gasteiger partial charge in [-0.15, -0.1) is 11.8 Å². The minimum Gasteiger partial charge on any atom is -0.482 e. The molecule has 0 unspecified atom stereocenters. The van der Waals surface area contributed by atoms with Crippen LogP contribution in [-0.2, 0) is 4.79 Å². The van der Waals surface area contributed by atoms with Crippen LogP contribution in [0, 0.1) is 6.92 Å². The van der Waals surface area contributed by atoms with Crippen molar-refractivity contribution in [1.29, 1.82) is 0 Å². The Labute approximate surface area is 273 Å². The number of carboxylic acid groups (broad SMARTS) is 1. The number of aliphatic carboxylic acids is 1. The van der Waals surface area contributed by atoms with E-state index in [-0.39, 0.29) is 18.2 Å². The molecule has 0 aromatic heterocycles. The molecule has 0 fully saturated rings. The third-order valence-corrected chi connectivity index (χ3v) is 8.55. The summed E-state index contributed by atoms with van der Waals surface area (Å²) in [4.78, 5) is 35.8. The van der Waals surface area contributed by atoms with Crippen LogP contribution in [0.3, 0.4) is 0 Å². The number of thioether (sulfide) groups is 1. The Bertz CT molecular complexity index is 1820. The van der Waals surface area contributed by atoms with Crippen molar-refractivity contribution in [3.05, 3.63) is 149 Å². The van der Waals surface area contributed by atoms with E-state index in [9.17, 15) is 14.4 Å². The lowest BCUT2D eigenvalue weighted by Crippen LogP contribution is -2.09. The van der Waals surface area contributed by atoms with Crippen LogP contribution >= 0.6 is 11.8 Å². The minimum atomic E-state index is -1.01. The summed E-state index contributed by atoms with van der Waals surface area (Å²) >= 11 is 1.68. The molecule has 0 atom stereocenters. The van der Waals surface area contributed by atoms with Crippen LogP contribution in [0.2, 0.25) is 0 Å². The first kappa shape index (κ1) is 32.2. The van der Waals surface area contributed by atoms with Crippen molar-refractivity contribution in [2.45, 2.75) is 25.7 Å². The average molecular weight is 627 g/mol. The Morgan fingerprint density at radius 1 is 0.652 bits per heavy atom. The van der Waals surface area contributed by atoms with Gasteiger partial charge < -0.3 is 9.84 Å². The van der Waals surface area contributed by atoms with Crippen molar-refractivity contribution in [1.82, 2.24) is 0 Å². The molecule has 5 nitrogen and oxygen atoms in total. The highest BCUT2D eigenvalue weighted by molar-refractivity contribution is 7.99. The normalized spacial score (nSPS) is 10.7. The van der Waals surface area contributed by atoms with Crippen molar-refractivity contribution in [2.75, 3.05) is 12.4 Å². The quantitative estimate of drug-likeness (QED) is 0.110. The number of carbonyl (C=O) groups excluding carboxylic acids is 2. The summed E-state index contributed by atoms with van der Waals surface area (Å²) in [6.07, 6.45) is 2.21. The van der Waals surface area contributed by atoms with Gasteiger partial charge in [0.05, 0.1) is 0 Å². The molecule has 5 aromatic carbocycles. The Balaban J connectivity index is 1.43. The fourth-order valence-electron chi connectivity index (χ4n) is 5.16. The molecule has 1 N–H and O–H groups in total. The maximum absolute atomic E-state index is 11.9. The third kappa shape index (κ3) is 8.09. The number of aryl methyl sites for hydroxylation is 1. The van der Waals surface area contributed by atoms with Crippen LogP contribution in [0.4, 0.5) is 0 Å². The zero-order chi connectivity index (χ0) is 32.6. The molecule has 5 rings (SSSR count). The molecule has 0 bridgehead atoms. The highest BCUT2D eigenvalue weighted by atomic mass is 32.2. The minimum absolute atomic E-state index is 0.0373. The van der Waals surface area contributed by atoms with Gasteiger partial charge in [0.2, 0.25) is 0 Å². The van der Waals surface area contributed by atoms with E-state index in [0.29, 0.717) is 22.6 Å². The molecule has 0 amide bonds. The molecule has 0 aliphatic rings. The number of carbonyl (C=O) groups is 3. The fourth-order valence-corrected chi connectivity index (χ4v) is 6.02. The molecule has 0 heterocycles. The van der Waals surface area contributed by atoms with Gasteiger partial charge in [-0.1, -0.05) is 91.0 Å². The number of carboxylic acids is 1. The summed E-state index contributed by atoms with van der Waals surface area (Å²) in [5.74, 6) is 0.330. The van der Waals surface area contributed by atoms with Gasteiger partial charge in [0.25, 0.3) is 0 Å². The van der Waals surface area contributed by atoms with Crippen molar-refractivity contribution in [2.24, 2.45) is 0 Å². The van der Waals surface area contributed by atoms with E-state index in [4.69, 9.17) is 9.84 Å². The molecule has 5 aromatic rings. The van der Waals surface area contributed by atoms with E-state index >= 15 is 0 Å². The Kier molecular flexibility index (Phi) is 10.3. The molecule has 0 radical (unpaired) electrons. The molecule has 6 heteroatoms. The molecule has 0 saturated carbocycles. The Hall–Kier alpha value is -5.20. The third-order valence-electron chi connectivity index (χ3n) is 7.63. The lowest BCUT2D eigenvalue weighted by molar-refractivity contribution is -0.139. The van der Waals surface area contributed by atoms with E-state index in [2.05, 4.69) is 54.6 Å². The first-order valence-corrected chi connectivity index (χ1v) is 15.9. The maximum atomic E-state index is 11.9. The largest absolute Gasteiger partial charge is 0.482 e. The number of ketones is 2. The summed E-state index contributed by atoms with van der Waals surface area (Å²) in [5, 5.41) is 8.92. The number of benzene rings is 5. The standard InChI is InChI=1S/C40H34O5S/c1-26-22-37(18-19-39(26)45-25-40(43)44)46-21-20-38(31-14-10-29(11-15-31)35-8-4-6-33(23-35)27(2)41)32-16-12-30(13-17-32)36-9-5-7-34(24-36)28(3)42/h4-20,22-24H,21,25H2,1-3H3,(H,43,44). The van der Waals surface area contributed by atoms with Crippen molar-refractivity contribution in [3.63, 3.8) is 0 Å². The van der Waals surface area contributed by atoms with Crippen LogP contribution in [0.5, 0.6) is 5.75 Å². The predicted molar refractivity (Wildman–Crippen MR) is 186 cm³/mol. The average Bonchev–Trinajstić information content (AvgIpc) is 3.06. The van der Waals surface area contributed by atoms with Gasteiger partial charge in [-0.3, -0.25) is 9.59 Å². The van der Waals surface area contributed by atoms with Crippen molar-refractivity contribution < 1.29 is 24.2 Å². The smallest absolute Gasteiger partial charge is 0.341 e. The van der Waals surface area contributed by atoms with E-state index < -0.39 is 5.97 Å². The summed E-state index contributed by atoms with van der Waals surface area (Å²) < 4.78 is 5.38. The van der Waals surface area contributed by atoms with Crippen LogP contribution in [0.1, 0.15) is 51.3 Å². The van der Waals surface area contributed by atoms with Crippen LogP contribution < -0.4 is 4.74 Å². The number of hydrogen-bond donors (Lipinski definition) is 1. The highest BCUT2D eigenvalue weighted by Gasteiger charge is 2.10. The SMILES string of the molecule is CC(=O)c1cccc(-c2ccc(C(=CCSc3ccc(OCC(=O)O)c(C)c3)c3ccc(-c4cccc(C(C)=O)c4)cc3)cc2)c1. The number of Topliss-reactive ketones (excluding diaryl/α,β-unsaturated/α-hetero) is 2. The van der Waals surface area contributed by atoms with Gasteiger partial charge in [-0.05, 0) is 95.6 Å². The van der Waals surface area contributed by atoms with Crippen molar-refractivity contribution >= 4 is 34.9 Å². The Morgan fingerprint density at radius 3 is 1.63 bits per heavy atom. The molecule has 0 aliphatic heterocycles. The van der Waals surface area contributed by atoms with Gasteiger partial charge in [-0.2, -0.15) is 0 Å². The van der Waals surface area contributed by atoms with Gasteiger partial charge in [0.1, 0.15) is 5.75 Å². The van der Waals surface area contributed by atoms with Gasteiger partial charge in [0, 0.05) is 21.8 Å². The molecular formula is C40H34O5S. The zero-order valence-corrected chi connectivity index (χ0v) is 26.8. The van der Waals surface area contributed by atoms with Crippen LogP contribution in [-0.4, -0.2) is 35.0 Å². The predicted octanol–water partition coefficient (Wildman–Crippen LogP) is 9.42. The fraction of sp³-hybridized carbons (Fsp3) is 0.125. The van der Waals surface area contributed by atoms with E-state index in [1.807, 2.05) is 73.7 Å². The molecule has 46 heavy (non-hydrogen) atoms. The highest BCUT2D eigenvalue weighted by Crippen LogP contribution is 2.32. The second-order valence-corrected chi connectivity index (χ2v) is 12.1. The topological polar surface area (TPSA) is 80.7 Å². The first-order chi connectivity index (χ1) is 22.2. The van der Waals surface area contributed by atoms with Crippen molar-refractivity contribution in [3.8, 4) is 28.0 Å². The maximum Gasteiger partial charge on any atom is 0.341 e. The van der Waals surface area contributed by atoms with Gasteiger partial charge in [-0.25, -0.2) is 4.79 Å². The number of ether oxygens (including phenoxy) is 1. The second-order valence-electron chi connectivity index (χ2n) is 11.0.